The maximum Gasteiger partial charge on any atom is 0.220 e. The number of nitrogens with one attached hydrogen (secondary N) is 2. The molecule has 0 bridgehead atoms. The smallest absolute Gasteiger partial charge is 0.220 e. The van der Waals surface area contributed by atoms with Crippen molar-refractivity contribution in [1.29, 1.82) is 0 Å². The molecule has 0 radical (unpaired) electrons. The van der Waals surface area contributed by atoms with E-state index >= 15 is 0 Å². The molecule has 0 fully saturated rings. The van der Waals surface area contributed by atoms with Crippen molar-refractivity contribution < 1.29 is 9.59 Å². The van der Waals surface area contributed by atoms with Gasteiger partial charge in [0.05, 0.1) is 6.04 Å². The fourth-order valence-corrected chi connectivity index (χ4v) is 2.68. The van der Waals surface area contributed by atoms with E-state index in [2.05, 4.69) is 31.4 Å². The lowest BCUT2D eigenvalue weighted by Gasteiger charge is -2.39. The Hall–Kier alpha value is -0.900. The maximum absolute atomic E-state index is 11.7. The Morgan fingerprint density at radius 3 is 2.21 bits per heavy atom. The summed E-state index contributed by atoms with van der Waals surface area (Å²) in [7, 11) is 0. The zero-order valence-electron chi connectivity index (χ0n) is 13.3. The zero-order chi connectivity index (χ0) is 15.1. The van der Waals surface area contributed by atoms with Crippen LogP contribution in [-0.2, 0) is 9.59 Å². The summed E-state index contributed by atoms with van der Waals surface area (Å²) in [5, 5.41) is 6.24. The standard InChI is InChI=1S/C15H30N2O2/c1-7-9-13(19)17-12(10-18)14(3,4)11-15(5,6)16-8-2/h10,12,16H,7-9,11H2,1-6H3,(H,17,19). The SMILES string of the molecule is CCCC(=O)NC(C=O)C(C)(C)CC(C)(C)NCC. The second-order valence-corrected chi connectivity index (χ2v) is 6.51. The second-order valence-electron chi connectivity index (χ2n) is 6.51. The highest BCUT2D eigenvalue weighted by atomic mass is 16.2. The summed E-state index contributed by atoms with van der Waals surface area (Å²) in [6.07, 6.45) is 2.93. The van der Waals surface area contributed by atoms with Gasteiger partial charge in [-0.1, -0.05) is 27.7 Å². The van der Waals surface area contributed by atoms with Crippen LogP contribution in [0.15, 0.2) is 0 Å². The lowest BCUT2D eigenvalue weighted by Crippen LogP contribution is -2.51. The number of rotatable bonds is 9. The summed E-state index contributed by atoms with van der Waals surface area (Å²) in [6, 6.07) is -0.440. The number of hydrogen-bond acceptors (Lipinski definition) is 3. The Morgan fingerprint density at radius 2 is 1.79 bits per heavy atom. The van der Waals surface area contributed by atoms with Gasteiger partial charge in [0.25, 0.3) is 0 Å². The molecular formula is C15H30N2O2. The van der Waals surface area contributed by atoms with Gasteiger partial charge in [-0.25, -0.2) is 0 Å². The molecule has 112 valence electrons. The van der Waals surface area contributed by atoms with Crippen LogP contribution in [0.1, 0.15) is 60.8 Å². The largest absolute Gasteiger partial charge is 0.346 e. The monoisotopic (exact) mass is 270 g/mol. The summed E-state index contributed by atoms with van der Waals surface area (Å²) < 4.78 is 0. The molecule has 1 atom stereocenters. The van der Waals surface area contributed by atoms with Crippen molar-refractivity contribution in [2.75, 3.05) is 6.54 Å². The third-order valence-electron chi connectivity index (χ3n) is 3.32. The molecule has 0 aromatic carbocycles. The van der Waals surface area contributed by atoms with E-state index < -0.39 is 6.04 Å². The molecule has 2 N–H and O–H groups in total. The van der Waals surface area contributed by atoms with Gasteiger partial charge in [0.1, 0.15) is 6.29 Å². The van der Waals surface area contributed by atoms with Gasteiger partial charge in [0.2, 0.25) is 5.91 Å². The minimum absolute atomic E-state index is 0.0473. The van der Waals surface area contributed by atoms with Crippen LogP contribution in [0.4, 0.5) is 0 Å². The topological polar surface area (TPSA) is 58.2 Å². The normalized spacial score (nSPS) is 14.0. The minimum Gasteiger partial charge on any atom is -0.346 e. The quantitative estimate of drug-likeness (QED) is 0.632. The number of aldehydes is 1. The first-order chi connectivity index (χ1) is 8.68. The van der Waals surface area contributed by atoms with Gasteiger partial charge in [-0.15, -0.1) is 0 Å². The molecule has 0 rings (SSSR count). The van der Waals surface area contributed by atoms with Gasteiger partial charge < -0.3 is 15.4 Å². The first-order valence-electron chi connectivity index (χ1n) is 7.18. The number of carbonyl (C=O) groups excluding carboxylic acids is 2. The summed E-state index contributed by atoms with van der Waals surface area (Å²) in [4.78, 5) is 23.0. The van der Waals surface area contributed by atoms with Crippen LogP contribution < -0.4 is 10.6 Å². The predicted molar refractivity (Wildman–Crippen MR) is 79.1 cm³/mol. The molecule has 0 heterocycles. The maximum atomic E-state index is 11.7. The van der Waals surface area contributed by atoms with Crippen LogP contribution >= 0.6 is 0 Å². The van der Waals surface area contributed by atoms with E-state index in [-0.39, 0.29) is 16.9 Å². The van der Waals surface area contributed by atoms with E-state index in [1.165, 1.54) is 0 Å². The van der Waals surface area contributed by atoms with Crippen LogP contribution in [0.3, 0.4) is 0 Å². The molecule has 19 heavy (non-hydrogen) atoms. The molecule has 0 saturated carbocycles. The Bertz CT molecular complexity index is 299. The molecule has 1 amide bonds. The molecule has 0 aliphatic heterocycles. The first kappa shape index (κ1) is 18.1. The Kier molecular flexibility index (Phi) is 7.27. The zero-order valence-corrected chi connectivity index (χ0v) is 13.3. The predicted octanol–water partition coefficient (Wildman–Crippen LogP) is 2.27. The summed E-state index contributed by atoms with van der Waals surface area (Å²) in [6.45, 7) is 13.2. The first-order valence-corrected chi connectivity index (χ1v) is 7.18. The van der Waals surface area contributed by atoms with Crippen molar-refractivity contribution in [2.24, 2.45) is 5.41 Å². The van der Waals surface area contributed by atoms with E-state index in [1.807, 2.05) is 20.8 Å². The van der Waals surface area contributed by atoms with Crippen molar-refractivity contribution in [2.45, 2.75) is 72.4 Å². The Labute approximate surface area is 117 Å². The third-order valence-corrected chi connectivity index (χ3v) is 3.32. The van der Waals surface area contributed by atoms with Gasteiger partial charge in [-0.05, 0) is 38.6 Å². The minimum atomic E-state index is -0.440. The molecule has 0 aliphatic rings. The molecule has 4 heteroatoms. The highest BCUT2D eigenvalue weighted by molar-refractivity contribution is 5.79. The molecule has 4 nitrogen and oxygen atoms in total. The molecular weight excluding hydrogens is 240 g/mol. The Balaban J connectivity index is 4.73. The molecule has 0 saturated heterocycles. The van der Waals surface area contributed by atoms with Crippen molar-refractivity contribution in [3.8, 4) is 0 Å². The summed E-state index contributed by atoms with van der Waals surface area (Å²) >= 11 is 0. The van der Waals surface area contributed by atoms with Gasteiger partial charge in [0.15, 0.2) is 0 Å². The second kappa shape index (κ2) is 7.63. The van der Waals surface area contributed by atoms with E-state index in [4.69, 9.17) is 0 Å². The fourth-order valence-electron chi connectivity index (χ4n) is 2.68. The highest BCUT2D eigenvalue weighted by Crippen LogP contribution is 2.30. The fraction of sp³-hybridized carbons (Fsp3) is 0.867. The number of hydrogen-bond donors (Lipinski definition) is 2. The van der Waals surface area contributed by atoms with Gasteiger partial charge in [-0.3, -0.25) is 4.79 Å². The van der Waals surface area contributed by atoms with E-state index in [9.17, 15) is 9.59 Å². The molecule has 0 aromatic rings. The van der Waals surface area contributed by atoms with Gasteiger partial charge in [-0.2, -0.15) is 0 Å². The molecule has 1 unspecified atom stereocenters. The average molecular weight is 270 g/mol. The van der Waals surface area contributed by atoms with Crippen molar-refractivity contribution in [1.82, 2.24) is 10.6 Å². The lowest BCUT2D eigenvalue weighted by molar-refractivity contribution is -0.126. The van der Waals surface area contributed by atoms with Crippen molar-refractivity contribution in [3.05, 3.63) is 0 Å². The van der Waals surface area contributed by atoms with E-state index in [0.717, 1.165) is 25.7 Å². The molecule has 0 aromatic heterocycles. The highest BCUT2D eigenvalue weighted by Gasteiger charge is 2.35. The summed E-state index contributed by atoms with van der Waals surface area (Å²) in [5.41, 5.74) is -0.341. The van der Waals surface area contributed by atoms with E-state index in [0.29, 0.717) is 6.42 Å². The third kappa shape index (κ3) is 6.71. The van der Waals surface area contributed by atoms with Crippen LogP contribution in [0.5, 0.6) is 0 Å². The van der Waals surface area contributed by atoms with Crippen LogP contribution in [-0.4, -0.2) is 30.3 Å². The van der Waals surface area contributed by atoms with Crippen LogP contribution in [0.25, 0.3) is 0 Å². The summed E-state index contributed by atoms with van der Waals surface area (Å²) in [5.74, 6) is -0.0473. The van der Waals surface area contributed by atoms with Gasteiger partial charge >= 0.3 is 0 Å². The van der Waals surface area contributed by atoms with Crippen LogP contribution in [0, 0.1) is 5.41 Å². The van der Waals surface area contributed by atoms with Crippen molar-refractivity contribution >= 4 is 12.2 Å². The van der Waals surface area contributed by atoms with Crippen molar-refractivity contribution in [3.63, 3.8) is 0 Å². The lowest BCUT2D eigenvalue weighted by atomic mass is 9.75. The van der Waals surface area contributed by atoms with E-state index in [1.54, 1.807) is 0 Å². The molecule has 0 aliphatic carbocycles. The Morgan fingerprint density at radius 1 is 1.21 bits per heavy atom. The number of amides is 1. The average Bonchev–Trinajstić information content (AvgIpc) is 2.24. The van der Waals surface area contributed by atoms with Gasteiger partial charge in [0, 0.05) is 12.0 Å². The molecule has 0 spiro atoms. The van der Waals surface area contributed by atoms with Crippen LogP contribution in [0.2, 0.25) is 0 Å². The number of carbonyl (C=O) groups is 2.